The van der Waals surface area contributed by atoms with Gasteiger partial charge in [-0.3, -0.25) is 9.69 Å². The number of benzene rings is 2. The SMILES string of the molecule is COc1cccc(NC(=O)CN2C[C@]3(CC[C@](c4ccccc4)(N(C)C)CC3)N(CC3CCC3)C2=O)c1. The van der Waals surface area contributed by atoms with Crippen molar-refractivity contribution in [2.75, 3.05) is 46.2 Å². The van der Waals surface area contributed by atoms with E-state index in [4.69, 9.17) is 4.74 Å². The predicted molar refractivity (Wildman–Crippen MR) is 146 cm³/mol. The zero-order chi connectivity index (χ0) is 26.0. The molecule has 2 saturated carbocycles. The van der Waals surface area contributed by atoms with Crippen molar-refractivity contribution < 1.29 is 14.3 Å². The topological polar surface area (TPSA) is 65.1 Å². The maximum absolute atomic E-state index is 13.7. The molecule has 1 spiro atoms. The first-order valence-electron chi connectivity index (χ1n) is 13.6. The molecule has 0 bridgehead atoms. The molecule has 3 fully saturated rings. The van der Waals surface area contributed by atoms with Crippen molar-refractivity contribution in [2.24, 2.45) is 5.92 Å². The number of nitrogens with zero attached hydrogens (tertiary/aromatic N) is 3. The maximum Gasteiger partial charge on any atom is 0.321 e. The Morgan fingerprint density at radius 1 is 1.05 bits per heavy atom. The van der Waals surface area contributed by atoms with Gasteiger partial charge in [0.05, 0.1) is 12.6 Å². The minimum Gasteiger partial charge on any atom is -0.497 e. The van der Waals surface area contributed by atoms with Gasteiger partial charge in [-0.1, -0.05) is 42.8 Å². The van der Waals surface area contributed by atoms with Crippen LogP contribution >= 0.6 is 0 Å². The van der Waals surface area contributed by atoms with E-state index in [9.17, 15) is 9.59 Å². The number of urea groups is 1. The number of methoxy groups -OCH3 is 1. The van der Waals surface area contributed by atoms with Crippen molar-refractivity contribution >= 4 is 17.6 Å². The Morgan fingerprint density at radius 3 is 2.41 bits per heavy atom. The Kier molecular flexibility index (Phi) is 7.17. The van der Waals surface area contributed by atoms with Crippen LogP contribution < -0.4 is 10.1 Å². The third kappa shape index (κ3) is 4.93. The largest absolute Gasteiger partial charge is 0.497 e. The monoisotopic (exact) mass is 504 g/mol. The van der Waals surface area contributed by atoms with Crippen LogP contribution in [0.2, 0.25) is 0 Å². The van der Waals surface area contributed by atoms with Crippen molar-refractivity contribution in [2.45, 2.75) is 56.0 Å². The second kappa shape index (κ2) is 10.4. The average molecular weight is 505 g/mol. The van der Waals surface area contributed by atoms with Gasteiger partial charge in [0.25, 0.3) is 0 Å². The van der Waals surface area contributed by atoms with Gasteiger partial charge in [-0.05, 0) is 76.2 Å². The first-order chi connectivity index (χ1) is 17.8. The van der Waals surface area contributed by atoms with Crippen molar-refractivity contribution in [1.29, 1.82) is 0 Å². The van der Waals surface area contributed by atoms with Gasteiger partial charge in [0.15, 0.2) is 0 Å². The lowest BCUT2D eigenvalue weighted by atomic mass is 9.68. The van der Waals surface area contributed by atoms with Crippen LogP contribution in [-0.2, 0) is 10.3 Å². The van der Waals surface area contributed by atoms with E-state index >= 15 is 0 Å². The van der Waals surface area contributed by atoms with Crippen molar-refractivity contribution in [3.8, 4) is 5.75 Å². The summed E-state index contributed by atoms with van der Waals surface area (Å²) in [6.07, 6.45) is 7.50. The van der Waals surface area contributed by atoms with Gasteiger partial charge in [0, 0.05) is 30.4 Å². The molecule has 1 N–H and O–H groups in total. The van der Waals surface area contributed by atoms with Gasteiger partial charge in [-0.25, -0.2) is 4.79 Å². The van der Waals surface area contributed by atoms with E-state index in [1.165, 1.54) is 24.8 Å². The lowest BCUT2D eigenvalue weighted by Crippen LogP contribution is -2.56. The second-order valence-corrected chi connectivity index (χ2v) is 11.3. The molecule has 0 unspecified atom stereocenters. The lowest BCUT2D eigenvalue weighted by molar-refractivity contribution is -0.116. The first kappa shape index (κ1) is 25.6. The third-order valence-electron chi connectivity index (χ3n) is 9.09. The molecular weight excluding hydrogens is 464 g/mol. The van der Waals surface area contributed by atoms with Gasteiger partial charge in [-0.2, -0.15) is 0 Å². The standard InChI is InChI=1S/C30H40N4O3/c1-32(2)30(24-11-5-4-6-12-24)17-15-29(16-18-30)22-33(28(36)34(29)20-23-9-7-10-23)21-27(35)31-25-13-8-14-26(19-25)37-3/h4-6,8,11-14,19,23H,7,9-10,15-18,20-22H2,1-3H3,(H,31,35)/t29-,30+. The van der Waals surface area contributed by atoms with Gasteiger partial charge < -0.3 is 19.9 Å². The normalized spacial score (nSPS) is 26.0. The summed E-state index contributed by atoms with van der Waals surface area (Å²) >= 11 is 0. The van der Waals surface area contributed by atoms with Gasteiger partial charge >= 0.3 is 6.03 Å². The molecular formula is C30H40N4O3. The minimum absolute atomic E-state index is 0.0183. The van der Waals surface area contributed by atoms with Crippen molar-refractivity contribution in [1.82, 2.24) is 14.7 Å². The molecule has 0 aromatic heterocycles. The summed E-state index contributed by atoms with van der Waals surface area (Å²) in [6, 6.07) is 18.1. The van der Waals surface area contributed by atoms with E-state index in [-0.39, 0.29) is 29.6 Å². The first-order valence-corrected chi connectivity index (χ1v) is 13.6. The summed E-state index contributed by atoms with van der Waals surface area (Å²) in [5.74, 6) is 1.09. The van der Waals surface area contributed by atoms with E-state index in [1.807, 2.05) is 18.2 Å². The summed E-state index contributed by atoms with van der Waals surface area (Å²) in [5.41, 5.74) is 1.78. The van der Waals surface area contributed by atoms with Crippen molar-refractivity contribution in [3.05, 3.63) is 60.2 Å². The molecule has 2 aliphatic carbocycles. The summed E-state index contributed by atoms with van der Waals surface area (Å²) in [7, 11) is 5.95. The molecule has 3 amide bonds. The molecule has 1 heterocycles. The van der Waals surface area contributed by atoms with E-state index in [2.05, 4.69) is 59.5 Å². The number of hydrogen-bond donors (Lipinski definition) is 1. The van der Waals surface area contributed by atoms with Crippen LogP contribution in [0.1, 0.15) is 50.5 Å². The molecule has 7 nitrogen and oxygen atoms in total. The summed E-state index contributed by atoms with van der Waals surface area (Å²) in [5, 5.41) is 2.94. The van der Waals surface area contributed by atoms with E-state index in [0.717, 1.165) is 32.2 Å². The number of ether oxygens (including phenoxy) is 1. The second-order valence-electron chi connectivity index (χ2n) is 11.3. The molecule has 0 atom stereocenters. The minimum atomic E-state index is -0.211. The smallest absolute Gasteiger partial charge is 0.321 e. The quantitative estimate of drug-likeness (QED) is 0.553. The maximum atomic E-state index is 13.7. The Bertz CT molecular complexity index is 1110. The fraction of sp³-hybridized carbons (Fsp3) is 0.533. The number of rotatable bonds is 8. The third-order valence-corrected chi connectivity index (χ3v) is 9.09. The summed E-state index contributed by atoms with van der Waals surface area (Å²) < 4.78 is 5.27. The van der Waals surface area contributed by atoms with E-state index in [0.29, 0.717) is 23.9 Å². The Hall–Kier alpha value is -3.06. The number of anilines is 1. The lowest BCUT2D eigenvalue weighted by Gasteiger charge is -2.51. The Labute approximate surface area is 220 Å². The van der Waals surface area contributed by atoms with Crippen LogP contribution in [0.5, 0.6) is 5.75 Å². The van der Waals surface area contributed by atoms with E-state index < -0.39 is 0 Å². The Morgan fingerprint density at radius 2 is 1.78 bits per heavy atom. The molecule has 7 heteroatoms. The highest BCUT2D eigenvalue weighted by atomic mass is 16.5. The fourth-order valence-electron chi connectivity index (χ4n) is 6.58. The number of nitrogens with one attached hydrogen (secondary N) is 1. The van der Waals surface area contributed by atoms with Crippen LogP contribution in [0, 0.1) is 5.92 Å². The average Bonchev–Trinajstić information content (AvgIpc) is 3.12. The number of hydrogen-bond acceptors (Lipinski definition) is 4. The zero-order valence-corrected chi connectivity index (χ0v) is 22.4. The molecule has 5 rings (SSSR count). The molecule has 1 saturated heterocycles. The fourth-order valence-corrected chi connectivity index (χ4v) is 6.58. The Balaban J connectivity index is 1.33. The molecule has 1 aliphatic heterocycles. The van der Waals surface area contributed by atoms with Crippen LogP contribution in [0.15, 0.2) is 54.6 Å². The molecule has 2 aromatic carbocycles. The molecule has 198 valence electrons. The highest BCUT2D eigenvalue weighted by Crippen LogP contribution is 2.49. The summed E-state index contributed by atoms with van der Waals surface area (Å²) in [6.45, 7) is 1.49. The molecule has 3 aliphatic rings. The number of carbonyl (C=O) groups is 2. The van der Waals surface area contributed by atoms with Crippen molar-refractivity contribution in [3.63, 3.8) is 0 Å². The van der Waals surface area contributed by atoms with Crippen LogP contribution in [0.4, 0.5) is 10.5 Å². The zero-order valence-electron chi connectivity index (χ0n) is 22.4. The summed E-state index contributed by atoms with van der Waals surface area (Å²) in [4.78, 5) is 33.0. The highest BCUT2D eigenvalue weighted by molar-refractivity contribution is 5.95. The molecule has 37 heavy (non-hydrogen) atoms. The van der Waals surface area contributed by atoms with Gasteiger partial charge in [0.1, 0.15) is 12.3 Å². The van der Waals surface area contributed by atoms with Gasteiger partial charge in [0.2, 0.25) is 5.91 Å². The predicted octanol–water partition coefficient (Wildman–Crippen LogP) is 4.94. The van der Waals surface area contributed by atoms with Crippen LogP contribution in [-0.4, -0.2) is 73.0 Å². The highest BCUT2D eigenvalue weighted by Gasteiger charge is 2.55. The number of carbonyl (C=O) groups excluding carboxylic acids is 2. The number of amides is 3. The molecule has 2 aromatic rings. The van der Waals surface area contributed by atoms with Crippen LogP contribution in [0.25, 0.3) is 0 Å². The van der Waals surface area contributed by atoms with E-state index in [1.54, 1.807) is 18.1 Å². The molecule has 0 radical (unpaired) electrons. The van der Waals surface area contributed by atoms with Crippen LogP contribution in [0.3, 0.4) is 0 Å². The van der Waals surface area contributed by atoms with Gasteiger partial charge in [-0.15, -0.1) is 0 Å².